The highest BCUT2D eigenvalue weighted by Gasteiger charge is 2.42. The van der Waals surface area contributed by atoms with Crippen LogP contribution in [0.15, 0.2) is 48.2 Å². The van der Waals surface area contributed by atoms with Crippen molar-refractivity contribution in [1.29, 1.82) is 0 Å². The van der Waals surface area contributed by atoms with E-state index in [0.29, 0.717) is 42.2 Å². The molecule has 2 aromatic rings. The topological polar surface area (TPSA) is 53.1 Å². The third kappa shape index (κ3) is 4.22. The first-order valence-corrected chi connectivity index (χ1v) is 11.8. The Bertz CT molecular complexity index is 1080. The van der Waals surface area contributed by atoms with Crippen LogP contribution in [-0.4, -0.2) is 61.4 Å². The fraction of sp³-hybridized carbons (Fsp3) is 0.407. The van der Waals surface area contributed by atoms with Crippen molar-refractivity contribution in [3.05, 3.63) is 64.9 Å². The van der Waals surface area contributed by atoms with E-state index in [1.807, 2.05) is 24.3 Å². The van der Waals surface area contributed by atoms with Crippen molar-refractivity contribution in [2.75, 3.05) is 44.7 Å². The Morgan fingerprint density at radius 2 is 1.58 bits per heavy atom. The Morgan fingerprint density at radius 3 is 2.27 bits per heavy atom. The van der Waals surface area contributed by atoms with Crippen molar-refractivity contribution in [3.63, 3.8) is 0 Å². The first kappa shape index (κ1) is 22.9. The fourth-order valence-corrected chi connectivity index (χ4v) is 4.72. The number of carbonyl (C=O) groups is 2. The van der Waals surface area contributed by atoms with E-state index >= 15 is 0 Å². The zero-order chi connectivity index (χ0) is 23.5. The van der Waals surface area contributed by atoms with Gasteiger partial charge >= 0.3 is 0 Å². The summed E-state index contributed by atoms with van der Waals surface area (Å²) in [5.41, 5.74) is 5.48. The van der Waals surface area contributed by atoms with Crippen LogP contribution in [0.5, 0.6) is 5.75 Å². The molecule has 2 aliphatic rings. The van der Waals surface area contributed by atoms with Gasteiger partial charge in [0, 0.05) is 44.0 Å². The lowest BCUT2D eigenvalue weighted by molar-refractivity contribution is -0.137. The van der Waals surface area contributed by atoms with Gasteiger partial charge in [-0.15, -0.1) is 0 Å². The molecule has 0 spiro atoms. The minimum atomic E-state index is -0.218. The third-order valence-corrected chi connectivity index (χ3v) is 6.77. The maximum absolute atomic E-state index is 13.5. The maximum Gasteiger partial charge on any atom is 0.277 e. The van der Waals surface area contributed by atoms with Gasteiger partial charge in [0.25, 0.3) is 11.8 Å². The molecular weight excluding hydrogens is 414 g/mol. The Labute approximate surface area is 196 Å². The lowest BCUT2D eigenvalue weighted by Crippen LogP contribution is -2.48. The van der Waals surface area contributed by atoms with Crippen LogP contribution in [0.25, 0.3) is 5.57 Å². The van der Waals surface area contributed by atoms with E-state index in [0.717, 1.165) is 25.9 Å². The molecule has 1 saturated heterocycles. The number of hydrogen-bond donors (Lipinski definition) is 0. The van der Waals surface area contributed by atoms with Gasteiger partial charge in [0.2, 0.25) is 0 Å². The van der Waals surface area contributed by atoms with Crippen molar-refractivity contribution in [3.8, 4) is 5.75 Å². The summed E-state index contributed by atoms with van der Waals surface area (Å²) in [7, 11) is 1.60. The first-order chi connectivity index (χ1) is 16.0. The van der Waals surface area contributed by atoms with Crippen molar-refractivity contribution in [1.82, 2.24) is 9.80 Å². The molecule has 0 aliphatic carbocycles. The predicted octanol–water partition coefficient (Wildman–Crippen LogP) is 4.01. The lowest BCUT2D eigenvalue weighted by Gasteiger charge is -2.38. The van der Waals surface area contributed by atoms with Gasteiger partial charge in [-0.05, 0) is 43.5 Å². The van der Waals surface area contributed by atoms with Gasteiger partial charge in [-0.1, -0.05) is 43.7 Å². The fourth-order valence-electron chi connectivity index (χ4n) is 4.72. The number of rotatable bonds is 7. The molecular formula is C27H33N3O3. The van der Waals surface area contributed by atoms with Crippen LogP contribution in [-0.2, 0) is 9.59 Å². The molecule has 2 heterocycles. The van der Waals surface area contributed by atoms with Crippen molar-refractivity contribution in [2.45, 2.75) is 33.6 Å². The molecule has 2 aromatic carbocycles. The van der Waals surface area contributed by atoms with E-state index in [9.17, 15) is 9.59 Å². The minimum absolute atomic E-state index is 0.186. The van der Waals surface area contributed by atoms with Gasteiger partial charge in [0.05, 0.1) is 12.7 Å². The monoisotopic (exact) mass is 447 g/mol. The van der Waals surface area contributed by atoms with Gasteiger partial charge in [0.15, 0.2) is 0 Å². The average molecular weight is 448 g/mol. The molecule has 174 valence electrons. The quantitative estimate of drug-likeness (QED) is 0.600. The lowest BCUT2D eigenvalue weighted by atomic mass is 10.0. The predicted molar refractivity (Wildman–Crippen MR) is 131 cm³/mol. The average Bonchev–Trinajstić information content (AvgIpc) is 3.08. The summed E-state index contributed by atoms with van der Waals surface area (Å²) in [6, 6.07) is 13.9. The highest BCUT2D eigenvalue weighted by atomic mass is 16.5. The van der Waals surface area contributed by atoms with Gasteiger partial charge in [0.1, 0.15) is 11.4 Å². The van der Waals surface area contributed by atoms with Crippen LogP contribution in [0.2, 0.25) is 0 Å². The van der Waals surface area contributed by atoms with E-state index in [-0.39, 0.29) is 11.8 Å². The van der Waals surface area contributed by atoms with Crippen LogP contribution in [0.3, 0.4) is 0 Å². The van der Waals surface area contributed by atoms with Gasteiger partial charge in [-0.3, -0.25) is 14.5 Å². The summed E-state index contributed by atoms with van der Waals surface area (Å²) < 4.78 is 5.55. The normalized spacial score (nSPS) is 16.8. The molecule has 2 amide bonds. The summed E-state index contributed by atoms with van der Waals surface area (Å²) in [4.78, 5) is 32.9. The summed E-state index contributed by atoms with van der Waals surface area (Å²) in [5, 5.41) is 0. The van der Waals surface area contributed by atoms with Gasteiger partial charge in [-0.2, -0.15) is 0 Å². The molecule has 6 heteroatoms. The number of unbranched alkanes of at least 4 members (excludes halogenated alkanes) is 1. The molecule has 0 unspecified atom stereocenters. The summed E-state index contributed by atoms with van der Waals surface area (Å²) in [6.07, 6.45) is 1.72. The van der Waals surface area contributed by atoms with Crippen LogP contribution >= 0.6 is 0 Å². The number of aryl methyl sites for hydroxylation is 1. The SMILES string of the molecule is CCCCN1C(=O)C(c2ccccc2OC)=C(N2CCN(c3cccc(C)c3C)CC2)C1=O. The number of piperazine rings is 1. The third-order valence-electron chi connectivity index (χ3n) is 6.77. The summed E-state index contributed by atoms with van der Waals surface area (Å²) in [6.45, 7) is 9.75. The number of carbonyl (C=O) groups excluding carboxylic acids is 2. The number of ether oxygens (including phenoxy) is 1. The smallest absolute Gasteiger partial charge is 0.277 e. The Hall–Kier alpha value is -3.28. The van der Waals surface area contributed by atoms with E-state index in [2.05, 4.69) is 48.8 Å². The molecule has 0 N–H and O–H groups in total. The zero-order valence-corrected chi connectivity index (χ0v) is 20.1. The summed E-state index contributed by atoms with van der Waals surface area (Å²) in [5.74, 6) is 0.206. The van der Waals surface area contributed by atoms with Crippen molar-refractivity contribution < 1.29 is 14.3 Å². The van der Waals surface area contributed by atoms with E-state index in [1.165, 1.54) is 21.7 Å². The second-order valence-corrected chi connectivity index (χ2v) is 8.73. The Kier molecular flexibility index (Phi) is 6.72. The molecule has 1 fully saturated rings. The molecule has 0 aromatic heterocycles. The number of para-hydroxylation sites is 1. The number of nitrogens with zero attached hydrogens (tertiary/aromatic N) is 3. The molecule has 0 radical (unpaired) electrons. The number of amides is 2. The maximum atomic E-state index is 13.5. The summed E-state index contributed by atoms with van der Waals surface area (Å²) >= 11 is 0. The van der Waals surface area contributed by atoms with Crippen LogP contribution in [0.1, 0.15) is 36.5 Å². The van der Waals surface area contributed by atoms with Gasteiger partial charge in [-0.25, -0.2) is 0 Å². The van der Waals surface area contributed by atoms with E-state index < -0.39 is 0 Å². The molecule has 33 heavy (non-hydrogen) atoms. The largest absolute Gasteiger partial charge is 0.496 e. The Morgan fingerprint density at radius 1 is 0.879 bits per heavy atom. The number of hydrogen-bond acceptors (Lipinski definition) is 5. The molecule has 0 saturated carbocycles. The molecule has 0 atom stereocenters. The second-order valence-electron chi connectivity index (χ2n) is 8.73. The highest BCUT2D eigenvalue weighted by Crippen LogP contribution is 2.37. The minimum Gasteiger partial charge on any atom is -0.496 e. The molecule has 4 rings (SSSR count). The van der Waals surface area contributed by atoms with Gasteiger partial charge < -0.3 is 14.5 Å². The number of anilines is 1. The standard InChI is InChI=1S/C27H33N3O3/c1-5-6-14-30-26(31)24(21-11-7-8-13-23(21)33-4)25(27(30)32)29-17-15-28(16-18-29)22-12-9-10-19(2)20(22)3/h7-13H,5-6,14-18H2,1-4H3. The van der Waals surface area contributed by atoms with Crippen LogP contribution < -0.4 is 9.64 Å². The number of imide groups is 1. The molecule has 0 bridgehead atoms. The number of benzene rings is 2. The van der Waals surface area contributed by atoms with Crippen molar-refractivity contribution in [2.24, 2.45) is 0 Å². The van der Waals surface area contributed by atoms with E-state index in [4.69, 9.17) is 4.74 Å². The highest BCUT2D eigenvalue weighted by molar-refractivity contribution is 6.36. The van der Waals surface area contributed by atoms with Crippen molar-refractivity contribution >= 4 is 23.1 Å². The first-order valence-electron chi connectivity index (χ1n) is 11.8. The molecule has 6 nitrogen and oxygen atoms in total. The zero-order valence-electron chi connectivity index (χ0n) is 20.1. The van der Waals surface area contributed by atoms with Crippen LogP contribution in [0, 0.1) is 13.8 Å². The molecule has 2 aliphatic heterocycles. The second kappa shape index (κ2) is 9.69. The van der Waals surface area contributed by atoms with E-state index in [1.54, 1.807) is 7.11 Å². The number of methoxy groups -OCH3 is 1. The Balaban J connectivity index is 1.67. The van der Waals surface area contributed by atoms with Crippen LogP contribution in [0.4, 0.5) is 5.69 Å².